The molecule has 0 radical (unpaired) electrons. The van der Waals surface area contributed by atoms with Crippen LogP contribution in [0, 0.1) is 5.92 Å². The zero-order valence-corrected chi connectivity index (χ0v) is 9.61. The quantitative estimate of drug-likeness (QED) is 0.848. The summed E-state index contributed by atoms with van der Waals surface area (Å²) in [6.45, 7) is 0.750. The van der Waals surface area contributed by atoms with Crippen molar-refractivity contribution in [3.63, 3.8) is 0 Å². The predicted octanol–water partition coefficient (Wildman–Crippen LogP) is 2.24. The Bertz CT molecular complexity index is 349. The van der Waals surface area contributed by atoms with Crippen LogP contribution in [-0.2, 0) is 0 Å². The fraction of sp³-hybridized carbons (Fsp3) is 0.583. The third-order valence-corrected chi connectivity index (χ3v) is 3.00. The van der Waals surface area contributed by atoms with Crippen molar-refractivity contribution in [1.29, 1.82) is 0 Å². The first kappa shape index (κ1) is 11.0. The molecule has 88 valence electrons. The van der Waals surface area contributed by atoms with E-state index in [4.69, 9.17) is 15.2 Å². The molecule has 2 N–H and O–H groups in total. The van der Waals surface area contributed by atoms with Gasteiger partial charge in [0, 0.05) is 6.07 Å². The van der Waals surface area contributed by atoms with Gasteiger partial charge in [-0.2, -0.15) is 4.98 Å². The number of hydrogen-bond acceptors (Lipinski definition) is 4. The maximum Gasteiger partial charge on any atom is 0.240 e. The summed E-state index contributed by atoms with van der Waals surface area (Å²) in [7, 11) is 1.56. The molecule has 0 spiro atoms. The van der Waals surface area contributed by atoms with Gasteiger partial charge in [0.25, 0.3) is 0 Å². The summed E-state index contributed by atoms with van der Waals surface area (Å²) in [6.07, 6.45) is 5.19. The first-order chi connectivity index (χ1) is 7.79. The van der Waals surface area contributed by atoms with E-state index in [0.717, 1.165) is 6.61 Å². The van der Waals surface area contributed by atoms with Gasteiger partial charge in [0.2, 0.25) is 11.8 Å². The number of hydrogen-bond donors (Lipinski definition) is 1. The van der Waals surface area contributed by atoms with Crippen LogP contribution in [-0.4, -0.2) is 18.7 Å². The molecule has 0 atom stereocenters. The van der Waals surface area contributed by atoms with Crippen LogP contribution in [0.15, 0.2) is 12.1 Å². The lowest BCUT2D eigenvalue weighted by Gasteiger charge is -2.11. The van der Waals surface area contributed by atoms with Crippen LogP contribution in [0.3, 0.4) is 0 Å². The molecule has 0 saturated heterocycles. The van der Waals surface area contributed by atoms with Gasteiger partial charge in [-0.1, -0.05) is 12.8 Å². The second-order valence-electron chi connectivity index (χ2n) is 4.21. The fourth-order valence-corrected chi connectivity index (χ4v) is 2.06. The highest BCUT2D eigenvalue weighted by atomic mass is 16.5. The van der Waals surface area contributed by atoms with Crippen LogP contribution >= 0.6 is 0 Å². The van der Waals surface area contributed by atoms with Crippen LogP contribution in [0.4, 0.5) is 5.69 Å². The van der Waals surface area contributed by atoms with Crippen molar-refractivity contribution in [1.82, 2.24) is 4.98 Å². The van der Waals surface area contributed by atoms with Crippen LogP contribution in [0.2, 0.25) is 0 Å². The third-order valence-electron chi connectivity index (χ3n) is 3.00. The number of nitrogen functional groups attached to an aromatic ring is 1. The average molecular weight is 222 g/mol. The molecule has 1 heterocycles. The lowest BCUT2D eigenvalue weighted by Crippen LogP contribution is -2.09. The number of ether oxygens (including phenoxy) is 2. The second-order valence-corrected chi connectivity index (χ2v) is 4.21. The largest absolute Gasteiger partial charge is 0.479 e. The van der Waals surface area contributed by atoms with Crippen molar-refractivity contribution < 1.29 is 9.47 Å². The lowest BCUT2D eigenvalue weighted by molar-refractivity contribution is 0.240. The van der Waals surface area contributed by atoms with Gasteiger partial charge in [-0.15, -0.1) is 0 Å². The SMILES string of the molecule is COc1nc(OCC2CCCC2)ccc1N. The molecular weight excluding hydrogens is 204 g/mol. The Balaban J connectivity index is 1.93. The van der Waals surface area contributed by atoms with Gasteiger partial charge < -0.3 is 15.2 Å². The number of nitrogens with two attached hydrogens (primary N) is 1. The van der Waals surface area contributed by atoms with E-state index in [0.29, 0.717) is 23.4 Å². The highest BCUT2D eigenvalue weighted by molar-refractivity contribution is 5.49. The van der Waals surface area contributed by atoms with Gasteiger partial charge in [-0.25, -0.2) is 0 Å². The minimum Gasteiger partial charge on any atom is -0.479 e. The van der Waals surface area contributed by atoms with Crippen LogP contribution < -0.4 is 15.2 Å². The maximum absolute atomic E-state index is 5.68. The monoisotopic (exact) mass is 222 g/mol. The molecule has 1 saturated carbocycles. The molecule has 4 heteroatoms. The number of nitrogens with zero attached hydrogens (tertiary/aromatic N) is 1. The van der Waals surface area contributed by atoms with E-state index in [1.807, 2.05) is 0 Å². The Labute approximate surface area is 95.8 Å². The Kier molecular flexibility index (Phi) is 3.49. The summed E-state index contributed by atoms with van der Waals surface area (Å²) in [5, 5.41) is 0. The minimum atomic E-state index is 0.434. The highest BCUT2D eigenvalue weighted by Gasteiger charge is 2.16. The van der Waals surface area contributed by atoms with Gasteiger partial charge in [-0.3, -0.25) is 0 Å². The Morgan fingerprint density at radius 1 is 1.38 bits per heavy atom. The van der Waals surface area contributed by atoms with Crippen molar-refractivity contribution >= 4 is 5.69 Å². The predicted molar refractivity (Wildman–Crippen MR) is 62.7 cm³/mol. The molecule has 1 aliphatic carbocycles. The fourth-order valence-electron chi connectivity index (χ4n) is 2.06. The molecule has 0 bridgehead atoms. The molecule has 1 aliphatic rings. The molecule has 1 aromatic heterocycles. The second kappa shape index (κ2) is 5.05. The minimum absolute atomic E-state index is 0.434. The average Bonchev–Trinajstić information content (AvgIpc) is 2.81. The molecule has 1 fully saturated rings. The molecule has 2 rings (SSSR count). The summed E-state index contributed by atoms with van der Waals surface area (Å²) in [5.74, 6) is 1.72. The van der Waals surface area contributed by atoms with Crippen LogP contribution in [0.25, 0.3) is 0 Å². The lowest BCUT2D eigenvalue weighted by atomic mass is 10.1. The van der Waals surface area contributed by atoms with E-state index < -0.39 is 0 Å². The molecule has 4 nitrogen and oxygen atoms in total. The Morgan fingerprint density at radius 2 is 2.12 bits per heavy atom. The molecule has 0 unspecified atom stereocenters. The van der Waals surface area contributed by atoms with Crippen molar-refractivity contribution in [3.8, 4) is 11.8 Å². The summed E-state index contributed by atoms with van der Waals surface area (Å²) < 4.78 is 10.7. The van der Waals surface area contributed by atoms with Crippen molar-refractivity contribution in [2.24, 2.45) is 5.92 Å². The summed E-state index contributed by atoms with van der Waals surface area (Å²) in [5.41, 5.74) is 6.21. The van der Waals surface area contributed by atoms with Crippen LogP contribution in [0.5, 0.6) is 11.8 Å². The van der Waals surface area contributed by atoms with E-state index >= 15 is 0 Å². The summed E-state index contributed by atoms with van der Waals surface area (Å²) in [6, 6.07) is 3.54. The zero-order valence-electron chi connectivity index (χ0n) is 9.61. The normalized spacial score (nSPS) is 16.3. The molecule has 16 heavy (non-hydrogen) atoms. The van der Waals surface area contributed by atoms with E-state index in [2.05, 4.69) is 4.98 Å². The number of aromatic nitrogens is 1. The van der Waals surface area contributed by atoms with Gasteiger partial charge in [0.15, 0.2) is 0 Å². The highest BCUT2D eigenvalue weighted by Crippen LogP contribution is 2.26. The Hall–Kier alpha value is -1.45. The molecular formula is C12H18N2O2. The third kappa shape index (κ3) is 2.56. The number of methoxy groups -OCH3 is 1. The van der Waals surface area contributed by atoms with Crippen molar-refractivity contribution in [2.75, 3.05) is 19.5 Å². The number of rotatable bonds is 4. The van der Waals surface area contributed by atoms with E-state index in [1.54, 1.807) is 19.2 Å². The number of anilines is 1. The topological polar surface area (TPSA) is 57.4 Å². The van der Waals surface area contributed by atoms with E-state index in [-0.39, 0.29) is 0 Å². The maximum atomic E-state index is 5.68. The molecule has 1 aromatic rings. The number of pyridine rings is 1. The molecule has 0 amide bonds. The summed E-state index contributed by atoms with van der Waals surface area (Å²) in [4.78, 5) is 4.18. The zero-order chi connectivity index (χ0) is 11.4. The Morgan fingerprint density at radius 3 is 2.81 bits per heavy atom. The van der Waals surface area contributed by atoms with E-state index in [9.17, 15) is 0 Å². The molecule has 0 aliphatic heterocycles. The van der Waals surface area contributed by atoms with Crippen molar-refractivity contribution in [3.05, 3.63) is 12.1 Å². The van der Waals surface area contributed by atoms with Gasteiger partial charge >= 0.3 is 0 Å². The first-order valence-electron chi connectivity index (χ1n) is 5.73. The summed E-state index contributed by atoms with van der Waals surface area (Å²) >= 11 is 0. The standard InChI is InChI=1S/C12H18N2O2/c1-15-12-10(13)6-7-11(14-12)16-8-9-4-2-3-5-9/h6-7,9H,2-5,8,13H2,1H3. The first-order valence-corrected chi connectivity index (χ1v) is 5.73. The van der Waals surface area contributed by atoms with Gasteiger partial charge in [-0.05, 0) is 24.8 Å². The molecule has 0 aromatic carbocycles. The van der Waals surface area contributed by atoms with Gasteiger partial charge in [0.1, 0.15) is 0 Å². The van der Waals surface area contributed by atoms with Crippen molar-refractivity contribution in [2.45, 2.75) is 25.7 Å². The smallest absolute Gasteiger partial charge is 0.240 e. The van der Waals surface area contributed by atoms with E-state index in [1.165, 1.54) is 25.7 Å². The van der Waals surface area contributed by atoms with Gasteiger partial charge in [0.05, 0.1) is 19.4 Å². The van der Waals surface area contributed by atoms with Crippen LogP contribution in [0.1, 0.15) is 25.7 Å².